The van der Waals surface area contributed by atoms with Crippen LogP contribution in [0.3, 0.4) is 0 Å². The van der Waals surface area contributed by atoms with Crippen molar-refractivity contribution in [3.05, 3.63) is 29.3 Å². The van der Waals surface area contributed by atoms with Crippen LogP contribution in [0.25, 0.3) is 0 Å². The molecular formula is C13H22N2O3S. The summed E-state index contributed by atoms with van der Waals surface area (Å²) < 4.78 is 25.0. The molecule has 0 aromatic heterocycles. The monoisotopic (exact) mass is 286 g/mol. The van der Waals surface area contributed by atoms with E-state index >= 15 is 0 Å². The van der Waals surface area contributed by atoms with E-state index in [2.05, 4.69) is 10.0 Å². The van der Waals surface area contributed by atoms with E-state index in [0.717, 1.165) is 17.4 Å². The van der Waals surface area contributed by atoms with Gasteiger partial charge in [0.25, 0.3) is 0 Å². The summed E-state index contributed by atoms with van der Waals surface area (Å²) in [7, 11) is -3.23. The second-order valence-corrected chi connectivity index (χ2v) is 7.19. The van der Waals surface area contributed by atoms with Crippen molar-refractivity contribution < 1.29 is 13.5 Å². The van der Waals surface area contributed by atoms with Crippen LogP contribution in [-0.4, -0.2) is 31.9 Å². The second-order valence-electron chi connectivity index (χ2n) is 5.44. The largest absolute Gasteiger partial charge is 0.507 e. The van der Waals surface area contributed by atoms with Crippen molar-refractivity contribution in [1.82, 2.24) is 10.0 Å². The molecular weight excluding hydrogens is 264 g/mol. The Kier molecular flexibility index (Phi) is 4.95. The summed E-state index contributed by atoms with van der Waals surface area (Å²) in [6.07, 6.45) is 1.14. The van der Waals surface area contributed by atoms with Gasteiger partial charge >= 0.3 is 0 Å². The van der Waals surface area contributed by atoms with Gasteiger partial charge in [-0.1, -0.05) is 18.2 Å². The van der Waals surface area contributed by atoms with Gasteiger partial charge in [0.2, 0.25) is 10.0 Å². The lowest BCUT2D eigenvalue weighted by Gasteiger charge is -2.25. The second kappa shape index (κ2) is 5.90. The maximum absolute atomic E-state index is 11.2. The zero-order chi connectivity index (χ0) is 14.7. The van der Waals surface area contributed by atoms with Gasteiger partial charge in [-0.3, -0.25) is 0 Å². The number of benzene rings is 1. The Morgan fingerprint density at radius 3 is 2.53 bits per heavy atom. The first-order chi connectivity index (χ1) is 8.61. The molecule has 0 saturated carbocycles. The molecule has 0 radical (unpaired) electrons. The minimum atomic E-state index is -3.23. The van der Waals surface area contributed by atoms with E-state index in [1.807, 2.05) is 25.1 Å². The van der Waals surface area contributed by atoms with Crippen molar-refractivity contribution in [2.75, 3.05) is 12.8 Å². The molecule has 3 N–H and O–H groups in total. The molecule has 19 heavy (non-hydrogen) atoms. The third-order valence-electron chi connectivity index (χ3n) is 2.67. The molecule has 1 aromatic rings. The Hall–Kier alpha value is -1.11. The Morgan fingerprint density at radius 2 is 1.95 bits per heavy atom. The standard InChI is InChI=1S/C13H22N2O3S/c1-10-6-5-7-11(12(10)16)8-14-9-13(2,3)15-19(4,17)18/h5-7,14-16H,8-9H2,1-4H3. The van der Waals surface area contributed by atoms with Crippen LogP contribution in [0, 0.1) is 6.92 Å². The number of phenolic OH excluding ortho intramolecular Hbond substituents is 1. The maximum atomic E-state index is 11.2. The van der Waals surface area contributed by atoms with Crippen molar-refractivity contribution in [1.29, 1.82) is 0 Å². The molecule has 0 aliphatic heterocycles. The number of phenols is 1. The van der Waals surface area contributed by atoms with E-state index in [4.69, 9.17) is 0 Å². The molecule has 0 heterocycles. The number of aromatic hydroxyl groups is 1. The van der Waals surface area contributed by atoms with Gasteiger partial charge in [-0.2, -0.15) is 0 Å². The lowest BCUT2D eigenvalue weighted by molar-refractivity contribution is 0.414. The van der Waals surface area contributed by atoms with E-state index < -0.39 is 15.6 Å². The third-order valence-corrected chi connectivity index (χ3v) is 3.59. The molecule has 0 fully saturated rings. The highest BCUT2D eigenvalue weighted by Gasteiger charge is 2.21. The highest BCUT2D eigenvalue weighted by molar-refractivity contribution is 7.88. The first-order valence-corrected chi connectivity index (χ1v) is 7.97. The van der Waals surface area contributed by atoms with E-state index in [-0.39, 0.29) is 5.75 Å². The molecule has 0 aliphatic rings. The van der Waals surface area contributed by atoms with Crippen LogP contribution >= 0.6 is 0 Å². The van der Waals surface area contributed by atoms with E-state index in [9.17, 15) is 13.5 Å². The SMILES string of the molecule is Cc1cccc(CNCC(C)(C)NS(C)(=O)=O)c1O. The Morgan fingerprint density at radius 1 is 1.32 bits per heavy atom. The number of nitrogens with one attached hydrogen (secondary N) is 2. The Bertz CT molecular complexity index is 539. The fourth-order valence-corrected chi connectivity index (χ4v) is 2.99. The fourth-order valence-electron chi connectivity index (χ4n) is 1.91. The van der Waals surface area contributed by atoms with Gasteiger partial charge < -0.3 is 10.4 Å². The molecule has 0 aliphatic carbocycles. The normalized spacial score (nSPS) is 12.6. The van der Waals surface area contributed by atoms with Crippen molar-refractivity contribution in [2.24, 2.45) is 0 Å². The zero-order valence-corrected chi connectivity index (χ0v) is 12.6. The number of hydrogen-bond acceptors (Lipinski definition) is 4. The summed E-state index contributed by atoms with van der Waals surface area (Å²) >= 11 is 0. The van der Waals surface area contributed by atoms with Crippen LogP contribution in [0.5, 0.6) is 5.75 Å². The minimum absolute atomic E-state index is 0.281. The summed E-state index contributed by atoms with van der Waals surface area (Å²) in [6, 6.07) is 5.56. The van der Waals surface area contributed by atoms with E-state index in [1.54, 1.807) is 13.8 Å². The van der Waals surface area contributed by atoms with Crippen molar-refractivity contribution in [3.63, 3.8) is 0 Å². The van der Waals surface area contributed by atoms with Crippen LogP contribution in [0.4, 0.5) is 0 Å². The molecule has 0 amide bonds. The number of aryl methyl sites for hydroxylation is 1. The molecule has 1 rings (SSSR count). The van der Waals surface area contributed by atoms with E-state index in [0.29, 0.717) is 13.1 Å². The summed E-state index contributed by atoms with van der Waals surface area (Å²) in [5, 5.41) is 13.0. The molecule has 0 bridgehead atoms. The van der Waals surface area contributed by atoms with Crippen molar-refractivity contribution >= 4 is 10.0 Å². The van der Waals surface area contributed by atoms with Crippen LogP contribution in [0.1, 0.15) is 25.0 Å². The van der Waals surface area contributed by atoms with Gasteiger partial charge in [-0.05, 0) is 26.3 Å². The molecule has 0 saturated heterocycles. The van der Waals surface area contributed by atoms with Crippen LogP contribution in [-0.2, 0) is 16.6 Å². The van der Waals surface area contributed by atoms with Gasteiger partial charge in [0.15, 0.2) is 0 Å². The quantitative estimate of drug-likeness (QED) is 0.732. The zero-order valence-electron chi connectivity index (χ0n) is 11.8. The summed E-state index contributed by atoms with van der Waals surface area (Å²) in [4.78, 5) is 0. The average molecular weight is 286 g/mol. The molecule has 6 heteroatoms. The first-order valence-electron chi connectivity index (χ1n) is 6.08. The van der Waals surface area contributed by atoms with Crippen LogP contribution < -0.4 is 10.0 Å². The van der Waals surface area contributed by atoms with Gasteiger partial charge in [0.05, 0.1) is 6.26 Å². The first kappa shape index (κ1) is 15.9. The topological polar surface area (TPSA) is 78.4 Å². The fraction of sp³-hybridized carbons (Fsp3) is 0.538. The van der Waals surface area contributed by atoms with Gasteiger partial charge in [0, 0.05) is 24.2 Å². The Balaban J connectivity index is 2.57. The molecule has 108 valence electrons. The van der Waals surface area contributed by atoms with Gasteiger partial charge in [-0.15, -0.1) is 0 Å². The predicted molar refractivity (Wildman–Crippen MR) is 76.6 cm³/mol. The predicted octanol–water partition coefficient (Wildman–Crippen LogP) is 1.12. The summed E-state index contributed by atoms with van der Waals surface area (Å²) in [6.45, 7) is 6.40. The van der Waals surface area contributed by atoms with Crippen LogP contribution in [0.15, 0.2) is 18.2 Å². The highest BCUT2D eigenvalue weighted by atomic mass is 32.2. The number of hydrogen-bond donors (Lipinski definition) is 3. The maximum Gasteiger partial charge on any atom is 0.209 e. The molecule has 0 unspecified atom stereocenters. The van der Waals surface area contributed by atoms with Crippen molar-refractivity contribution in [2.45, 2.75) is 32.9 Å². The summed E-state index contributed by atoms with van der Waals surface area (Å²) in [5.41, 5.74) is 1.05. The lowest BCUT2D eigenvalue weighted by Crippen LogP contribution is -2.49. The van der Waals surface area contributed by atoms with Gasteiger partial charge in [-0.25, -0.2) is 13.1 Å². The third kappa shape index (κ3) is 5.59. The Labute approximate surface area is 115 Å². The van der Waals surface area contributed by atoms with Crippen molar-refractivity contribution in [3.8, 4) is 5.75 Å². The summed E-state index contributed by atoms with van der Waals surface area (Å²) in [5.74, 6) is 0.281. The number of para-hydroxylation sites is 1. The minimum Gasteiger partial charge on any atom is -0.507 e. The number of sulfonamides is 1. The lowest BCUT2D eigenvalue weighted by atomic mass is 10.1. The molecule has 0 spiro atoms. The molecule has 1 aromatic carbocycles. The van der Waals surface area contributed by atoms with Gasteiger partial charge in [0.1, 0.15) is 5.75 Å². The highest BCUT2D eigenvalue weighted by Crippen LogP contribution is 2.21. The van der Waals surface area contributed by atoms with E-state index in [1.165, 1.54) is 0 Å². The molecule has 0 atom stereocenters. The average Bonchev–Trinajstić information content (AvgIpc) is 2.20. The number of rotatable bonds is 6. The smallest absolute Gasteiger partial charge is 0.209 e. The van der Waals surface area contributed by atoms with Crippen LogP contribution in [0.2, 0.25) is 0 Å². The molecule has 5 nitrogen and oxygen atoms in total.